The molecular formula is C14H14N4O. The van der Waals surface area contributed by atoms with Gasteiger partial charge in [-0.05, 0) is 29.8 Å². The molecular weight excluding hydrogens is 240 g/mol. The molecule has 1 aromatic carbocycles. The zero-order valence-corrected chi connectivity index (χ0v) is 10.4. The van der Waals surface area contributed by atoms with Crippen LogP contribution in [0.25, 0.3) is 0 Å². The summed E-state index contributed by atoms with van der Waals surface area (Å²) >= 11 is 0. The standard InChI is InChI=1S/C14H14N4O/c1-3-12(9-18-11-15-10-17-18)7-13(4-1)16-8-14-5-2-6-19-14/h1-7,10-11,16H,8-9H2. The largest absolute Gasteiger partial charge is 0.467 e. The summed E-state index contributed by atoms with van der Waals surface area (Å²) in [5, 5.41) is 7.43. The van der Waals surface area contributed by atoms with Crippen LogP contribution in [0, 0.1) is 0 Å². The molecule has 19 heavy (non-hydrogen) atoms. The number of hydrogen-bond donors (Lipinski definition) is 1. The molecule has 0 saturated heterocycles. The number of furan rings is 1. The van der Waals surface area contributed by atoms with Gasteiger partial charge in [0.25, 0.3) is 0 Å². The van der Waals surface area contributed by atoms with Gasteiger partial charge in [0.1, 0.15) is 18.4 Å². The Balaban J connectivity index is 1.66. The van der Waals surface area contributed by atoms with Crippen LogP contribution >= 0.6 is 0 Å². The maximum absolute atomic E-state index is 5.29. The number of rotatable bonds is 5. The van der Waals surface area contributed by atoms with Gasteiger partial charge in [0.15, 0.2) is 0 Å². The summed E-state index contributed by atoms with van der Waals surface area (Å²) in [5.41, 5.74) is 2.24. The van der Waals surface area contributed by atoms with Crippen molar-refractivity contribution >= 4 is 5.69 Å². The molecule has 0 unspecified atom stereocenters. The minimum absolute atomic E-state index is 0.680. The van der Waals surface area contributed by atoms with Crippen molar-refractivity contribution in [3.8, 4) is 0 Å². The topological polar surface area (TPSA) is 55.9 Å². The van der Waals surface area contributed by atoms with Crippen LogP contribution in [0.5, 0.6) is 0 Å². The average Bonchev–Trinajstić information content (AvgIpc) is 3.10. The molecule has 0 amide bonds. The van der Waals surface area contributed by atoms with Crippen LogP contribution in [0.2, 0.25) is 0 Å². The normalized spacial score (nSPS) is 10.5. The summed E-state index contributed by atoms with van der Waals surface area (Å²) in [7, 11) is 0. The first-order chi connectivity index (χ1) is 9.40. The summed E-state index contributed by atoms with van der Waals surface area (Å²) in [4.78, 5) is 3.93. The fourth-order valence-corrected chi connectivity index (χ4v) is 1.88. The molecule has 0 aliphatic carbocycles. The summed E-state index contributed by atoms with van der Waals surface area (Å²) in [6.45, 7) is 1.40. The first kappa shape index (κ1) is 11.5. The SMILES string of the molecule is c1cc(Cn2cncn2)cc(NCc2ccco2)c1. The molecule has 3 rings (SSSR count). The molecule has 0 aliphatic rings. The fourth-order valence-electron chi connectivity index (χ4n) is 1.88. The Morgan fingerprint density at radius 3 is 3.00 bits per heavy atom. The van der Waals surface area contributed by atoms with Gasteiger partial charge in [-0.1, -0.05) is 12.1 Å². The van der Waals surface area contributed by atoms with Gasteiger partial charge in [-0.3, -0.25) is 0 Å². The van der Waals surface area contributed by atoms with Crippen LogP contribution in [0.3, 0.4) is 0 Å². The number of anilines is 1. The van der Waals surface area contributed by atoms with Gasteiger partial charge in [0.05, 0.1) is 19.4 Å². The Bertz CT molecular complexity index is 617. The zero-order valence-electron chi connectivity index (χ0n) is 10.4. The van der Waals surface area contributed by atoms with Gasteiger partial charge < -0.3 is 9.73 Å². The lowest BCUT2D eigenvalue weighted by atomic mass is 10.2. The number of aromatic nitrogens is 3. The number of hydrogen-bond acceptors (Lipinski definition) is 4. The van der Waals surface area contributed by atoms with E-state index in [9.17, 15) is 0 Å². The van der Waals surface area contributed by atoms with Crippen molar-refractivity contribution in [3.05, 3.63) is 66.6 Å². The van der Waals surface area contributed by atoms with E-state index in [4.69, 9.17) is 4.42 Å². The highest BCUT2D eigenvalue weighted by Gasteiger charge is 1.99. The second-order valence-corrected chi connectivity index (χ2v) is 4.23. The van der Waals surface area contributed by atoms with Crippen LogP contribution in [0.15, 0.2) is 59.7 Å². The zero-order chi connectivity index (χ0) is 12.9. The van der Waals surface area contributed by atoms with E-state index in [2.05, 4.69) is 27.5 Å². The first-order valence-corrected chi connectivity index (χ1v) is 6.08. The Kier molecular flexibility index (Phi) is 3.27. The number of nitrogens with zero attached hydrogens (tertiary/aromatic N) is 3. The van der Waals surface area contributed by atoms with Crippen LogP contribution in [0.1, 0.15) is 11.3 Å². The van der Waals surface area contributed by atoms with Gasteiger partial charge in [0, 0.05) is 5.69 Å². The molecule has 0 atom stereocenters. The van der Waals surface area contributed by atoms with E-state index in [0.29, 0.717) is 6.54 Å². The molecule has 0 spiro atoms. The van der Waals surface area contributed by atoms with Crippen molar-refractivity contribution in [2.45, 2.75) is 13.1 Å². The first-order valence-electron chi connectivity index (χ1n) is 6.08. The lowest BCUT2D eigenvalue weighted by Crippen LogP contribution is -2.02. The quantitative estimate of drug-likeness (QED) is 0.760. The molecule has 5 heteroatoms. The van der Waals surface area contributed by atoms with E-state index in [0.717, 1.165) is 18.0 Å². The lowest BCUT2D eigenvalue weighted by molar-refractivity contribution is 0.518. The third-order valence-corrected chi connectivity index (χ3v) is 2.78. The molecule has 0 saturated carbocycles. The third kappa shape index (κ3) is 3.01. The Labute approximate surface area is 110 Å². The van der Waals surface area contributed by atoms with Crippen molar-refractivity contribution in [2.24, 2.45) is 0 Å². The van der Waals surface area contributed by atoms with Crippen molar-refractivity contribution in [1.82, 2.24) is 14.8 Å². The molecule has 3 aromatic rings. The lowest BCUT2D eigenvalue weighted by Gasteiger charge is -2.07. The van der Waals surface area contributed by atoms with E-state index >= 15 is 0 Å². The molecule has 2 heterocycles. The summed E-state index contributed by atoms with van der Waals surface area (Å²) in [5.74, 6) is 0.918. The van der Waals surface area contributed by atoms with E-state index in [1.807, 2.05) is 24.3 Å². The molecule has 0 bridgehead atoms. The molecule has 0 fully saturated rings. The predicted octanol–water partition coefficient (Wildman–Crippen LogP) is 2.53. The minimum Gasteiger partial charge on any atom is -0.467 e. The van der Waals surface area contributed by atoms with Crippen LogP contribution in [0.4, 0.5) is 5.69 Å². The molecule has 1 N–H and O–H groups in total. The summed E-state index contributed by atoms with van der Waals surface area (Å²) in [6, 6.07) is 12.1. The third-order valence-electron chi connectivity index (χ3n) is 2.78. The maximum Gasteiger partial charge on any atom is 0.137 e. The second kappa shape index (κ2) is 5.39. The van der Waals surface area contributed by atoms with Gasteiger partial charge in [-0.2, -0.15) is 5.10 Å². The van der Waals surface area contributed by atoms with E-state index in [1.54, 1.807) is 23.6 Å². The summed E-state index contributed by atoms with van der Waals surface area (Å²) in [6.07, 6.45) is 4.93. The highest BCUT2D eigenvalue weighted by molar-refractivity contribution is 5.45. The van der Waals surface area contributed by atoms with Gasteiger partial charge in [-0.25, -0.2) is 9.67 Å². The van der Waals surface area contributed by atoms with Crippen molar-refractivity contribution in [2.75, 3.05) is 5.32 Å². The van der Waals surface area contributed by atoms with E-state index in [-0.39, 0.29) is 0 Å². The molecule has 2 aromatic heterocycles. The Morgan fingerprint density at radius 1 is 1.21 bits per heavy atom. The molecule has 0 aliphatic heterocycles. The van der Waals surface area contributed by atoms with Crippen molar-refractivity contribution in [3.63, 3.8) is 0 Å². The smallest absolute Gasteiger partial charge is 0.137 e. The Hall–Kier alpha value is -2.56. The minimum atomic E-state index is 0.680. The number of nitrogens with one attached hydrogen (secondary N) is 1. The van der Waals surface area contributed by atoms with Crippen LogP contribution in [-0.2, 0) is 13.1 Å². The highest BCUT2D eigenvalue weighted by Crippen LogP contribution is 2.13. The Morgan fingerprint density at radius 2 is 2.21 bits per heavy atom. The summed E-state index contributed by atoms with van der Waals surface area (Å²) < 4.78 is 7.08. The van der Waals surface area contributed by atoms with Crippen molar-refractivity contribution < 1.29 is 4.42 Å². The monoisotopic (exact) mass is 254 g/mol. The molecule has 5 nitrogen and oxygen atoms in total. The van der Waals surface area contributed by atoms with Gasteiger partial charge in [-0.15, -0.1) is 0 Å². The van der Waals surface area contributed by atoms with E-state index < -0.39 is 0 Å². The number of benzene rings is 1. The highest BCUT2D eigenvalue weighted by atomic mass is 16.3. The van der Waals surface area contributed by atoms with Gasteiger partial charge in [0.2, 0.25) is 0 Å². The maximum atomic E-state index is 5.29. The average molecular weight is 254 g/mol. The van der Waals surface area contributed by atoms with Crippen molar-refractivity contribution in [1.29, 1.82) is 0 Å². The van der Waals surface area contributed by atoms with Crippen LogP contribution < -0.4 is 5.32 Å². The van der Waals surface area contributed by atoms with Gasteiger partial charge >= 0.3 is 0 Å². The molecule has 96 valence electrons. The van der Waals surface area contributed by atoms with E-state index in [1.165, 1.54) is 5.56 Å². The van der Waals surface area contributed by atoms with Crippen LogP contribution in [-0.4, -0.2) is 14.8 Å². The second-order valence-electron chi connectivity index (χ2n) is 4.23. The predicted molar refractivity (Wildman–Crippen MR) is 71.6 cm³/mol. The molecule has 0 radical (unpaired) electrons. The fraction of sp³-hybridized carbons (Fsp3) is 0.143.